The maximum Gasteiger partial charge on any atom is 0.110 e. The first-order valence-electron chi connectivity index (χ1n) is 5.92. The van der Waals surface area contributed by atoms with Gasteiger partial charge in [-0.15, -0.1) is 0 Å². The Kier molecular flexibility index (Phi) is 5.55. The molecule has 0 radical (unpaired) electrons. The summed E-state index contributed by atoms with van der Waals surface area (Å²) in [6.07, 6.45) is -3.84. The molecule has 3 atom stereocenters. The number of benzene rings is 1. The van der Waals surface area contributed by atoms with E-state index in [-0.39, 0.29) is 6.54 Å². The van der Waals surface area contributed by atoms with Crippen LogP contribution in [0.3, 0.4) is 0 Å². The number of rotatable bonds is 6. The molecule has 0 aliphatic carbocycles. The van der Waals surface area contributed by atoms with Crippen molar-refractivity contribution in [1.82, 2.24) is 0 Å². The van der Waals surface area contributed by atoms with Crippen LogP contribution in [0.4, 0.5) is 5.69 Å². The van der Waals surface area contributed by atoms with Gasteiger partial charge in [-0.05, 0) is 37.1 Å². The lowest BCUT2D eigenvalue weighted by atomic mass is 10.1. The Morgan fingerprint density at radius 1 is 1.06 bits per heavy atom. The summed E-state index contributed by atoms with van der Waals surface area (Å²) >= 11 is 0. The Morgan fingerprint density at radius 3 is 2.28 bits per heavy atom. The van der Waals surface area contributed by atoms with Crippen molar-refractivity contribution in [3.63, 3.8) is 0 Å². The largest absolute Gasteiger partial charge is 0.394 e. The fraction of sp³-hybridized carbons (Fsp3) is 0.538. The predicted octanol–water partition coefficient (Wildman–Crippen LogP) is -0.210. The van der Waals surface area contributed by atoms with E-state index in [9.17, 15) is 15.3 Å². The zero-order valence-electron chi connectivity index (χ0n) is 10.7. The first-order chi connectivity index (χ1) is 8.45. The van der Waals surface area contributed by atoms with Crippen molar-refractivity contribution >= 4 is 5.69 Å². The minimum Gasteiger partial charge on any atom is -0.394 e. The van der Waals surface area contributed by atoms with Crippen molar-refractivity contribution in [2.45, 2.75) is 32.2 Å². The van der Waals surface area contributed by atoms with E-state index in [1.54, 1.807) is 0 Å². The molecule has 5 N–H and O–H groups in total. The van der Waals surface area contributed by atoms with Gasteiger partial charge < -0.3 is 25.7 Å². The number of aliphatic hydroxyl groups excluding tert-OH is 4. The highest BCUT2D eigenvalue weighted by molar-refractivity contribution is 5.48. The third-order valence-corrected chi connectivity index (χ3v) is 3.00. The van der Waals surface area contributed by atoms with Crippen molar-refractivity contribution in [1.29, 1.82) is 0 Å². The molecule has 0 heterocycles. The molecule has 18 heavy (non-hydrogen) atoms. The molecule has 5 heteroatoms. The quantitative estimate of drug-likeness (QED) is 0.485. The fourth-order valence-electron chi connectivity index (χ4n) is 1.56. The Labute approximate surface area is 107 Å². The summed E-state index contributed by atoms with van der Waals surface area (Å²) in [7, 11) is 0. The first kappa shape index (κ1) is 14.9. The maximum absolute atomic E-state index is 9.62. The van der Waals surface area contributed by atoms with Crippen molar-refractivity contribution in [3.05, 3.63) is 29.3 Å². The fourth-order valence-corrected chi connectivity index (χ4v) is 1.56. The van der Waals surface area contributed by atoms with E-state index in [0.717, 1.165) is 11.3 Å². The Balaban J connectivity index is 2.51. The predicted molar refractivity (Wildman–Crippen MR) is 69.5 cm³/mol. The van der Waals surface area contributed by atoms with E-state index in [2.05, 4.69) is 5.32 Å². The van der Waals surface area contributed by atoms with Crippen molar-refractivity contribution in [2.24, 2.45) is 0 Å². The van der Waals surface area contributed by atoms with Crippen molar-refractivity contribution in [2.75, 3.05) is 18.5 Å². The van der Waals surface area contributed by atoms with Crippen molar-refractivity contribution < 1.29 is 20.4 Å². The number of nitrogens with one attached hydrogen (secondary N) is 1. The second-order valence-electron chi connectivity index (χ2n) is 4.49. The smallest absolute Gasteiger partial charge is 0.110 e. The van der Waals surface area contributed by atoms with Gasteiger partial charge in [0.2, 0.25) is 0 Å². The molecule has 0 unspecified atom stereocenters. The molecule has 1 aromatic carbocycles. The van der Waals surface area contributed by atoms with Crippen LogP contribution in [0, 0.1) is 13.8 Å². The molecule has 1 rings (SSSR count). The molecular formula is C13H21NO4. The molecular weight excluding hydrogens is 234 g/mol. The summed E-state index contributed by atoms with van der Waals surface area (Å²) in [6.45, 7) is 3.51. The van der Waals surface area contributed by atoms with Gasteiger partial charge in [-0.25, -0.2) is 0 Å². The summed E-state index contributed by atoms with van der Waals surface area (Å²) in [6, 6.07) is 5.78. The molecule has 0 saturated heterocycles. The molecule has 0 bridgehead atoms. The average molecular weight is 255 g/mol. The van der Waals surface area contributed by atoms with E-state index in [1.807, 2.05) is 32.0 Å². The van der Waals surface area contributed by atoms with E-state index in [4.69, 9.17) is 5.11 Å². The van der Waals surface area contributed by atoms with Gasteiger partial charge in [0, 0.05) is 12.2 Å². The molecule has 102 valence electrons. The Morgan fingerprint density at radius 2 is 1.72 bits per heavy atom. The summed E-state index contributed by atoms with van der Waals surface area (Å²) in [5.41, 5.74) is 3.14. The summed E-state index contributed by atoms with van der Waals surface area (Å²) in [5.74, 6) is 0. The second-order valence-corrected chi connectivity index (χ2v) is 4.49. The molecule has 0 amide bonds. The molecule has 0 aliphatic rings. The summed E-state index contributed by atoms with van der Waals surface area (Å²) < 4.78 is 0. The lowest BCUT2D eigenvalue weighted by Gasteiger charge is -2.22. The number of hydrogen-bond acceptors (Lipinski definition) is 5. The minimum absolute atomic E-state index is 0.0979. The number of hydrogen-bond donors (Lipinski definition) is 5. The van der Waals surface area contributed by atoms with Crippen LogP contribution in [0.15, 0.2) is 18.2 Å². The monoisotopic (exact) mass is 255 g/mol. The lowest BCUT2D eigenvalue weighted by molar-refractivity contribution is -0.0715. The van der Waals surface area contributed by atoms with Gasteiger partial charge in [0.25, 0.3) is 0 Å². The average Bonchev–Trinajstić information content (AvgIpc) is 2.37. The summed E-state index contributed by atoms with van der Waals surface area (Å²) in [5, 5.41) is 39.9. The number of aliphatic hydroxyl groups is 4. The van der Waals surface area contributed by atoms with Crippen LogP contribution < -0.4 is 5.32 Å². The summed E-state index contributed by atoms with van der Waals surface area (Å²) in [4.78, 5) is 0. The normalized spacial score (nSPS) is 16.1. The van der Waals surface area contributed by atoms with Crippen LogP contribution in [0.25, 0.3) is 0 Å². The molecule has 0 spiro atoms. The first-order valence-corrected chi connectivity index (χ1v) is 5.92. The zero-order valence-corrected chi connectivity index (χ0v) is 10.7. The van der Waals surface area contributed by atoms with E-state index in [1.165, 1.54) is 5.56 Å². The van der Waals surface area contributed by atoms with Crippen LogP contribution in [0.5, 0.6) is 0 Å². The highest BCUT2D eigenvalue weighted by atomic mass is 16.4. The molecule has 0 aromatic heterocycles. The SMILES string of the molecule is Cc1ccc(NC[C@@H](O)[C@@H](O)[C@H](O)CO)cc1C. The highest BCUT2D eigenvalue weighted by Gasteiger charge is 2.23. The second kappa shape index (κ2) is 6.70. The van der Waals surface area contributed by atoms with Gasteiger partial charge in [-0.2, -0.15) is 0 Å². The van der Waals surface area contributed by atoms with Gasteiger partial charge in [-0.1, -0.05) is 6.07 Å². The van der Waals surface area contributed by atoms with Crippen LogP contribution in [0.1, 0.15) is 11.1 Å². The van der Waals surface area contributed by atoms with Gasteiger partial charge in [0.15, 0.2) is 0 Å². The topological polar surface area (TPSA) is 93.0 Å². The van der Waals surface area contributed by atoms with Gasteiger partial charge in [0.05, 0.1) is 12.7 Å². The standard InChI is InChI=1S/C13H21NO4/c1-8-3-4-10(5-9(8)2)14-6-11(16)13(18)12(17)7-15/h3-5,11-18H,6-7H2,1-2H3/t11-,12-,13-/m1/s1. The molecule has 0 aliphatic heterocycles. The highest BCUT2D eigenvalue weighted by Crippen LogP contribution is 2.14. The third-order valence-electron chi connectivity index (χ3n) is 3.00. The minimum atomic E-state index is -1.37. The third kappa shape index (κ3) is 3.96. The lowest BCUT2D eigenvalue weighted by Crippen LogP contribution is -2.42. The van der Waals surface area contributed by atoms with Gasteiger partial charge >= 0.3 is 0 Å². The van der Waals surface area contributed by atoms with Crippen LogP contribution in [-0.2, 0) is 0 Å². The molecule has 1 aromatic rings. The number of aryl methyl sites for hydroxylation is 2. The zero-order chi connectivity index (χ0) is 13.7. The van der Waals surface area contributed by atoms with Gasteiger partial charge in [0.1, 0.15) is 12.2 Å². The molecule has 5 nitrogen and oxygen atoms in total. The van der Waals surface area contributed by atoms with Crippen molar-refractivity contribution in [3.8, 4) is 0 Å². The van der Waals surface area contributed by atoms with E-state index < -0.39 is 24.9 Å². The van der Waals surface area contributed by atoms with Crippen LogP contribution >= 0.6 is 0 Å². The molecule has 0 saturated carbocycles. The Bertz CT molecular complexity index is 383. The van der Waals surface area contributed by atoms with Crippen LogP contribution in [-0.4, -0.2) is 51.9 Å². The van der Waals surface area contributed by atoms with E-state index in [0.29, 0.717) is 0 Å². The molecule has 0 fully saturated rings. The van der Waals surface area contributed by atoms with E-state index >= 15 is 0 Å². The van der Waals surface area contributed by atoms with Gasteiger partial charge in [-0.3, -0.25) is 0 Å². The van der Waals surface area contributed by atoms with Crippen LogP contribution in [0.2, 0.25) is 0 Å². The maximum atomic E-state index is 9.62. The Hall–Kier alpha value is -1.14. The number of anilines is 1.